The third-order valence-electron chi connectivity index (χ3n) is 4.92. The molecular weight excluding hydrogens is 324 g/mol. The summed E-state index contributed by atoms with van der Waals surface area (Å²) >= 11 is 0. The monoisotopic (exact) mass is 344 g/mol. The van der Waals surface area contributed by atoms with Crippen molar-refractivity contribution >= 4 is 34.0 Å². The van der Waals surface area contributed by atoms with E-state index in [4.69, 9.17) is 0 Å². The Labute approximate surface area is 152 Å². The minimum absolute atomic E-state index is 0.00189. The van der Waals surface area contributed by atoms with Crippen molar-refractivity contribution in [2.75, 3.05) is 16.8 Å². The van der Waals surface area contributed by atoms with Crippen LogP contribution in [-0.4, -0.2) is 18.4 Å². The number of anilines is 2. The fourth-order valence-corrected chi connectivity index (χ4v) is 3.49. The molecule has 0 saturated carbocycles. The number of hydrogen-bond donors (Lipinski definition) is 1. The number of nitrogens with zero attached hydrogens (tertiary/aromatic N) is 1. The lowest BCUT2D eigenvalue weighted by Crippen LogP contribution is -2.28. The first-order chi connectivity index (χ1) is 12.6. The van der Waals surface area contributed by atoms with Crippen LogP contribution < -0.4 is 10.2 Å². The summed E-state index contributed by atoms with van der Waals surface area (Å²) in [4.78, 5) is 26.8. The number of amides is 2. The van der Waals surface area contributed by atoms with Gasteiger partial charge < -0.3 is 10.2 Å². The predicted octanol–water partition coefficient (Wildman–Crippen LogP) is 4.14. The summed E-state index contributed by atoms with van der Waals surface area (Å²) in [6.07, 6.45) is 0.244. The lowest BCUT2D eigenvalue weighted by molar-refractivity contribution is -0.122. The van der Waals surface area contributed by atoms with Crippen LogP contribution in [0.3, 0.4) is 0 Å². The molecule has 130 valence electrons. The molecule has 1 heterocycles. The summed E-state index contributed by atoms with van der Waals surface area (Å²) in [5, 5.41) is 5.18. The zero-order valence-electron chi connectivity index (χ0n) is 14.6. The zero-order valence-corrected chi connectivity index (χ0v) is 14.6. The molecule has 0 unspecified atom stereocenters. The second-order valence-electron chi connectivity index (χ2n) is 6.74. The van der Waals surface area contributed by atoms with E-state index < -0.39 is 0 Å². The van der Waals surface area contributed by atoms with Crippen molar-refractivity contribution in [1.29, 1.82) is 0 Å². The Morgan fingerprint density at radius 3 is 2.54 bits per heavy atom. The number of para-hydroxylation sites is 1. The fraction of sp³-hybridized carbons (Fsp3) is 0.182. The molecular formula is C22H20N2O2. The Hall–Kier alpha value is -3.14. The van der Waals surface area contributed by atoms with Gasteiger partial charge in [0.15, 0.2) is 0 Å². The Morgan fingerprint density at radius 1 is 1.00 bits per heavy atom. The van der Waals surface area contributed by atoms with Gasteiger partial charge in [0.1, 0.15) is 0 Å². The van der Waals surface area contributed by atoms with E-state index in [-0.39, 0.29) is 24.2 Å². The van der Waals surface area contributed by atoms with Crippen molar-refractivity contribution in [3.8, 4) is 0 Å². The smallest absolute Gasteiger partial charge is 0.229 e. The summed E-state index contributed by atoms with van der Waals surface area (Å²) in [6, 6.07) is 21.6. The Bertz CT molecular complexity index is 996. The molecule has 0 spiro atoms. The maximum absolute atomic E-state index is 12.7. The number of fused-ring (bicyclic) bond motifs is 1. The van der Waals surface area contributed by atoms with Crippen LogP contribution in [0.15, 0.2) is 66.7 Å². The maximum Gasteiger partial charge on any atom is 0.229 e. The second-order valence-corrected chi connectivity index (χ2v) is 6.74. The van der Waals surface area contributed by atoms with Crippen LogP contribution in [0.2, 0.25) is 0 Å². The summed E-state index contributed by atoms with van der Waals surface area (Å²) in [7, 11) is 0. The Morgan fingerprint density at radius 2 is 1.73 bits per heavy atom. The third-order valence-corrected chi connectivity index (χ3v) is 4.92. The number of carbonyl (C=O) groups is 2. The molecule has 0 aliphatic carbocycles. The molecule has 3 aromatic carbocycles. The van der Waals surface area contributed by atoms with E-state index in [0.717, 1.165) is 27.7 Å². The van der Waals surface area contributed by atoms with Gasteiger partial charge in [0.05, 0.1) is 5.92 Å². The lowest BCUT2D eigenvalue weighted by Gasteiger charge is -2.19. The molecule has 0 bridgehead atoms. The molecule has 1 N–H and O–H groups in total. The summed E-state index contributed by atoms with van der Waals surface area (Å²) in [6.45, 7) is 2.40. The van der Waals surface area contributed by atoms with Crippen LogP contribution >= 0.6 is 0 Å². The van der Waals surface area contributed by atoms with Crippen LogP contribution in [0.1, 0.15) is 12.0 Å². The standard InChI is InChI=1S/C22H20N2O2/c1-15-6-2-5-9-20(15)24-14-18(13-21(24)25)22(26)23-19-11-10-16-7-3-4-8-17(16)12-19/h2-12,18H,13-14H2,1H3,(H,23,26)/t18-/m0/s1. The minimum Gasteiger partial charge on any atom is -0.326 e. The molecule has 1 fully saturated rings. The summed E-state index contributed by atoms with van der Waals surface area (Å²) in [5.41, 5.74) is 2.69. The Balaban J connectivity index is 1.50. The molecule has 4 heteroatoms. The van der Waals surface area contributed by atoms with Crippen molar-refractivity contribution in [2.45, 2.75) is 13.3 Å². The van der Waals surface area contributed by atoms with Gasteiger partial charge in [0, 0.05) is 24.3 Å². The zero-order chi connectivity index (χ0) is 18.1. The molecule has 1 aliphatic rings. The molecule has 4 nitrogen and oxygen atoms in total. The van der Waals surface area contributed by atoms with Gasteiger partial charge in [-0.1, -0.05) is 48.5 Å². The quantitative estimate of drug-likeness (QED) is 0.776. The molecule has 3 aromatic rings. The normalized spacial score (nSPS) is 16.9. The van der Waals surface area contributed by atoms with E-state index in [2.05, 4.69) is 5.32 Å². The Kier molecular flexibility index (Phi) is 4.17. The minimum atomic E-state index is -0.339. The van der Waals surface area contributed by atoms with E-state index in [1.807, 2.05) is 73.7 Å². The average Bonchev–Trinajstić information content (AvgIpc) is 3.04. The fourth-order valence-electron chi connectivity index (χ4n) is 3.49. The molecule has 1 atom stereocenters. The van der Waals surface area contributed by atoms with Gasteiger partial charge >= 0.3 is 0 Å². The van der Waals surface area contributed by atoms with Crippen LogP contribution in [-0.2, 0) is 9.59 Å². The van der Waals surface area contributed by atoms with Gasteiger partial charge in [0.2, 0.25) is 11.8 Å². The first-order valence-corrected chi connectivity index (χ1v) is 8.77. The van der Waals surface area contributed by atoms with Gasteiger partial charge in [-0.15, -0.1) is 0 Å². The summed E-state index contributed by atoms with van der Waals surface area (Å²) in [5.74, 6) is -0.448. The van der Waals surface area contributed by atoms with Crippen LogP contribution in [0.5, 0.6) is 0 Å². The topological polar surface area (TPSA) is 49.4 Å². The highest BCUT2D eigenvalue weighted by molar-refractivity contribution is 6.04. The number of benzene rings is 3. The van der Waals surface area contributed by atoms with Crippen LogP contribution in [0.25, 0.3) is 10.8 Å². The van der Waals surface area contributed by atoms with Gasteiger partial charge in [0.25, 0.3) is 0 Å². The highest BCUT2D eigenvalue weighted by Crippen LogP contribution is 2.28. The highest BCUT2D eigenvalue weighted by atomic mass is 16.2. The maximum atomic E-state index is 12.7. The molecule has 4 rings (SSSR count). The molecule has 26 heavy (non-hydrogen) atoms. The van der Waals surface area contributed by atoms with Crippen molar-refractivity contribution in [1.82, 2.24) is 0 Å². The molecule has 0 aromatic heterocycles. The van der Waals surface area contributed by atoms with E-state index in [0.29, 0.717) is 6.54 Å². The summed E-state index contributed by atoms with van der Waals surface area (Å²) < 4.78 is 0. The van der Waals surface area contributed by atoms with Gasteiger partial charge in [-0.05, 0) is 41.5 Å². The number of nitrogens with one attached hydrogen (secondary N) is 1. The first-order valence-electron chi connectivity index (χ1n) is 8.77. The van der Waals surface area contributed by atoms with E-state index in [1.165, 1.54) is 0 Å². The van der Waals surface area contributed by atoms with Crippen molar-refractivity contribution < 1.29 is 9.59 Å². The van der Waals surface area contributed by atoms with Crippen molar-refractivity contribution in [3.63, 3.8) is 0 Å². The number of hydrogen-bond acceptors (Lipinski definition) is 2. The highest BCUT2D eigenvalue weighted by Gasteiger charge is 2.35. The van der Waals surface area contributed by atoms with Crippen molar-refractivity contribution in [3.05, 3.63) is 72.3 Å². The predicted molar refractivity (Wildman–Crippen MR) is 104 cm³/mol. The molecule has 0 radical (unpaired) electrons. The third kappa shape index (κ3) is 3.06. The van der Waals surface area contributed by atoms with E-state index in [1.54, 1.807) is 4.90 Å². The molecule has 1 saturated heterocycles. The largest absolute Gasteiger partial charge is 0.326 e. The lowest BCUT2D eigenvalue weighted by atomic mass is 10.1. The van der Waals surface area contributed by atoms with Crippen LogP contribution in [0, 0.1) is 12.8 Å². The SMILES string of the molecule is Cc1ccccc1N1C[C@@H](C(=O)Nc2ccc3ccccc3c2)CC1=O. The number of carbonyl (C=O) groups excluding carboxylic acids is 2. The second kappa shape index (κ2) is 6.64. The number of rotatable bonds is 3. The first kappa shape index (κ1) is 16.3. The van der Waals surface area contributed by atoms with E-state index >= 15 is 0 Å². The van der Waals surface area contributed by atoms with Crippen LogP contribution in [0.4, 0.5) is 11.4 Å². The van der Waals surface area contributed by atoms with E-state index in [9.17, 15) is 9.59 Å². The average molecular weight is 344 g/mol. The van der Waals surface area contributed by atoms with Gasteiger partial charge in [-0.25, -0.2) is 0 Å². The van der Waals surface area contributed by atoms with Crippen molar-refractivity contribution in [2.24, 2.45) is 5.92 Å². The molecule has 1 aliphatic heterocycles. The molecule has 2 amide bonds. The van der Waals surface area contributed by atoms with Gasteiger partial charge in [-0.3, -0.25) is 9.59 Å². The number of aryl methyl sites for hydroxylation is 1. The van der Waals surface area contributed by atoms with Gasteiger partial charge in [-0.2, -0.15) is 0 Å².